The second-order valence-corrected chi connectivity index (χ2v) is 16.4. The summed E-state index contributed by atoms with van der Waals surface area (Å²) in [6.07, 6.45) is 9.44. The molecule has 2 aliphatic heterocycles. The summed E-state index contributed by atoms with van der Waals surface area (Å²) in [4.78, 5) is 48.1. The number of allylic oxidation sites excluding steroid dienone is 1. The molecule has 0 bridgehead atoms. The fourth-order valence-electron chi connectivity index (χ4n) is 7.48. The molecular weight excluding hydrogens is 669 g/mol. The normalized spacial score (nSPS) is 26.5. The average Bonchev–Trinajstić information content (AvgIpc) is 4.01. The van der Waals surface area contributed by atoms with Gasteiger partial charge in [0.2, 0.25) is 27.7 Å². The van der Waals surface area contributed by atoms with E-state index in [1.165, 1.54) is 0 Å². The number of benzene rings is 2. The standard InChI is InChI=1S/C38H42N6O6S/c1-24-11-10-12-25(19-24)31-21-34(44-35(39-31)29-14-8-9-15-30(29)41-44)50-27-20-32-36(46)40-38(37(47)42-51(48,49)28-17-18-28)22-26(38)13-6-4-2-3-5-7-16-33(45)43(32)23-27/h6,8-15,19,21,26-28,32H,2-5,7,16-18,20,22-23H2,1H3,(H,40,46)(H,42,47)/b13-6-/t26-,27+,32-,38+/m0/s1. The van der Waals surface area contributed by atoms with Crippen LogP contribution in [0, 0.1) is 12.8 Å². The Bertz CT molecular complexity index is 2180. The number of hydrogen-bond acceptors (Lipinski definition) is 8. The van der Waals surface area contributed by atoms with Gasteiger partial charge >= 0.3 is 0 Å². The minimum absolute atomic E-state index is 0.151. The molecule has 0 radical (unpaired) electrons. The summed E-state index contributed by atoms with van der Waals surface area (Å²) in [5.74, 6) is -1.29. The molecule has 12 nitrogen and oxygen atoms in total. The Morgan fingerprint density at radius 1 is 1.04 bits per heavy atom. The van der Waals surface area contributed by atoms with Crippen LogP contribution in [0.3, 0.4) is 0 Å². The van der Waals surface area contributed by atoms with Crippen molar-refractivity contribution >= 4 is 44.3 Å². The van der Waals surface area contributed by atoms with Crippen LogP contribution in [-0.4, -0.2) is 75.1 Å². The Labute approximate surface area is 296 Å². The van der Waals surface area contributed by atoms with E-state index < -0.39 is 44.8 Å². The van der Waals surface area contributed by atoms with E-state index in [9.17, 15) is 22.8 Å². The Hall–Kier alpha value is -4.78. The number of sulfonamides is 1. The zero-order valence-electron chi connectivity index (χ0n) is 28.6. The van der Waals surface area contributed by atoms with Crippen molar-refractivity contribution in [3.05, 3.63) is 72.3 Å². The number of nitrogens with zero attached hydrogens (tertiary/aromatic N) is 4. The minimum Gasteiger partial charge on any atom is -0.472 e. The summed E-state index contributed by atoms with van der Waals surface area (Å²) in [7, 11) is -3.83. The molecule has 3 fully saturated rings. The smallest absolute Gasteiger partial charge is 0.259 e. The minimum atomic E-state index is -3.83. The van der Waals surface area contributed by atoms with Crippen LogP contribution in [0.2, 0.25) is 0 Å². The van der Waals surface area contributed by atoms with Crippen molar-refractivity contribution in [2.75, 3.05) is 6.54 Å². The number of fused-ring (bicyclic) bond motifs is 5. The van der Waals surface area contributed by atoms with Gasteiger partial charge in [-0.25, -0.2) is 13.4 Å². The lowest BCUT2D eigenvalue weighted by atomic mass is 10.1. The topological polar surface area (TPSA) is 152 Å². The molecule has 51 heavy (non-hydrogen) atoms. The number of ether oxygens (including phenoxy) is 1. The number of hydrogen-bond donors (Lipinski definition) is 2. The lowest BCUT2D eigenvalue weighted by Gasteiger charge is -2.26. The van der Waals surface area contributed by atoms with Gasteiger partial charge in [0, 0.05) is 35.8 Å². The van der Waals surface area contributed by atoms with E-state index >= 15 is 0 Å². The van der Waals surface area contributed by atoms with Gasteiger partial charge in [0.15, 0.2) is 5.65 Å². The third kappa shape index (κ3) is 6.59. The van der Waals surface area contributed by atoms with Crippen molar-refractivity contribution in [1.29, 1.82) is 0 Å². The summed E-state index contributed by atoms with van der Waals surface area (Å²) in [6, 6.07) is 16.7. The summed E-state index contributed by atoms with van der Waals surface area (Å²) in [6.45, 7) is 2.19. The number of rotatable bonds is 6. The van der Waals surface area contributed by atoms with E-state index in [-0.39, 0.29) is 31.2 Å². The molecule has 2 aromatic carbocycles. The number of aromatic nitrogens is 3. The first-order valence-electron chi connectivity index (χ1n) is 18.0. The molecule has 3 amide bonds. The van der Waals surface area contributed by atoms with Crippen LogP contribution in [0.5, 0.6) is 5.88 Å². The lowest BCUT2D eigenvalue weighted by molar-refractivity contribution is -0.139. The summed E-state index contributed by atoms with van der Waals surface area (Å²) >= 11 is 0. The van der Waals surface area contributed by atoms with E-state index in [0.29, 0.717) is 42.9 Å². The number of nitrogens with one attached hydrogen (secondary N) is 2. The van der Waals surface area contributed by atoms with Crippen LogP contribution in [0.1, 0.15) is 69.8 Å². The molecule has 4 atom stereocenters. The van der Waals surface area contributed by atoms with E-state index in [4.69, 9.17) is 14.8 Å². The predicted octanol–water partition coefficient (Wildman–Crippen LogP) is 4.60. The van der Waals surface area contributed by atoms with Gasteiger partial charge in [-0.1, -0.05) is 60.9 Å². The van der Waals surface area contributed by atoms with E-state index in [2.05, 4.69) is 16.1 Å². The molecular formula is C38H42N6O6S. The van der Waals surface area contributed by atoms with Gasteiger partial charge < -0.3 is 15.0 Å². The van der Waals surface area contributed by atoms with Crippen LogP contribution in [0.4, 0.5) is 0 Å². The van der Waals surface area contributed by atoms with Crippen molar-refractivity contribution in [1.82, 2.24) is 29.5 Å². The molecule has 1 saturated heterocycles. The van der Waals surface area contributed by atoms with Crippen molar-refractivity contribution in [3.63, 3.8) is 0 Å². The van der Waals surface area contributed by atoms with Gasteiger partial charge in [0.05, 0.1) is 23.0 Å². The first-order valence-corrected chi connectivity index (χ1v) is 19.5. The van der Waals surface area contributed by atoms with Crippen LogP contribution in [0.15, 0.2) is 66.7 Å². The van der Waals surface area contributed by atoms with Crippen molar-refractivity contribution in [3.8, 4) is 17.1 Å². The highest BCUT2D eigenvalue weighted by Crippen LogP contribution is 2.46. The number of aryl methyl sites for hydroxylation is 1. The van der Waals surface area contributed by atoms with Gasteiger partial charge in [0.1, 0.15) is 17.7 Å². The molecule has 0 unspecified atom stereocenters. The Balaban J connectivity index is 1.11. The van der Waals surface area contributed by atoms with Crippen LogP contribution >= 0.6 is 0 Å². The van der Waals surface area contributed by atoms with Crippen molar-refractivity contribution in [2.45, 2.75) is 94.1 Å². The average molecular weight is 711 g/mol. The number of amides is 3. The number of carbonyl (C=O) groups excluding carboxylic acids is 3. The highest BCUT2D eigenvalue weighted by molar-refractivity contribution is 7.91. The monoisotopic (exact) mass is 710 g/mol. The van der Waals surface area contributed by atoms with Crippen LogP contribution in [-0.2, 0) is 24.4 Å². The third-order valence-corrected chi connectivity index (χ3v) is 12.4. The Morgan fingerprint density at radius 2 is 1.86 bits per heavy atom. The molecule has 8 rings (SSSR count). The highest BCUT2D eigenvalue weighted by Gasteiger charge is 2.62. The molecule has 4 heterocycles. The maximum absolute atomic E-state index is 14.2. The summed E-state index contributed by atoms with van der Waals surface area (Å²) in [5.41, 5.74) is 2.69. The van der Waals surface area contributed by atoms with Gasteiger partial charge in [-0.2, -0.15) is 9.61 Å². The second-order valence-electron chi connectivity index (χ2n) is 14.5. The highest BCUT2D eigenvalue weighted by atomic mass is 32.2. The van der Waals surface area contributed by atoms with Crippen LogP contribution in [0.25, 0.3) is 27.8 Å². The maximum atomic E-state index is 14.2. The fourth-order valence-corrected chi connectivity index (χ4v) is 8.85. The van der Waals surface area contributed by atoms with Crippen molar-refractivity contribution in [2.24, 2.45) is 5.92 Å². The second kappa shape index (κ2) is 13.1. The summed E-state index contributed by atoms with van der Waals surface area (Å²) < 4.78 is 36.1. The summed E-state index contributed by atoms with van der Waals surface area (Å²) in [5, 5.41) is 8.01. The zero-order valence-corrected chi connectivity index (χ0v) is 29.4. The van der Waals surface area contributed by atoms with Gasteiger partial charge in [-0.3, -0.25) is 19.1 Å². The molecule has 13 heteroatoms. The van der Waals surface area contributed by atoms with Gasteiger partial charge in [-0.15, -0.1) is 0 Å². The van der Waals surface area contributed by atoms with E-state index in [1.54, 1.807) is 9.42 Å². The molecule has 4 aromatic rings. The first kappa shape index (κ1) is 33.4. The molecule has 2 aliphatic carbocycles. The zero-order chi connectivity index (χ0) is 35.3. The van der Waals surface area contributed by atoms with Crippen molar-refractivity contribution < 1.29 is 27.5 Å². The molecule has 0 spiro atoms. The molecule has 4 aliphatic rings. The third-order valence-electron chi connectivity index (χ3n) is 10.6. The molecule has 266 valence electrons. The van der Waals surface area contributed by atoms with Gasteiger partial charge in [-0.05, 0) is 63.6 Å². The lowest BCUT2D eigenvalue weighted by Crippen LogP contribution is -2.56. The quantitative estimate of drug-likeness (QED) is 0.276. The Morgan fingerprint density at radius 3 is 2.69 bits per heavy atom. The number of carbonyl (C=O) groups is 3. The Kier molecular flexibility index (Phi) is 8.56. The molecule has 2 N–H and O–H groups in total. The van der Waals surface area contributed by atoms with E-state index in [1.807, 2.05) is 67.6 Å². The SMILES string of the molecule is Cc1cccc(-c2cc(O[C@@H]3C[C@H]4C(=O)N[C@]5(C(=O)NS(=O)(=O)C6CC6)C[C@@H]5/C=C\CCCCCCC(=O)N4C3)n3nc4ccccc4c3n2)c1. The van der Waals surface area contributed by atoms with E-state index in [0.717, 1.165) is 47.7 Å². The maximum Gasteiger partial charge on any atom is 0.259 e. The van der Waals surface area contributed by atoms with Gasteiger partial charge in [0.25, 0.3) is 5.91 Å². The largest absolute Gasteiger partial charge is 0.472 e. The first-order chi connectivity index (χ1) is 24.6. The molecule has 2 aromatic heterocycles. The van der Waals surface area contributed by atoms with Crippen LogP contribution < -0.4 is 14.8 Å². The predicted molar refractivity (Wildman–Crippen MR) is 191 cm³/mol. The molecule has 2 saturated carbocycles. The fraction of sp³-hybridized carbons (Fsp3) is 0.447.